The van der Waals surface area contributed by atoms with E-state index < -0.39 is 0 Å². The standard InChI is InChI=1S/C51H33N3O/c1-5-16-34(17-6-1)38-24-13-25-39(30-38)43-26-14-28-45-46-29-15-27-44(48(46)55-47(43)45)41-31-40(35-18-7-2-8-19-35)32-42(33-41)51-53-49(36-20-9-3-10-21-36)52-50(54-51)37-22-11-4-12-23-37/h1-33H. The molecule has 0 saturated carbocycles. The Labute approximate surface area is 319 Å². The molecule has 2 aromatic heterocycles. The van der Waals surface area contributed by atoms with Crippen LogP contribution in [0.2, 0.25) is 0 Å². The molecule has 4 nitrogen and oxygen atoms in total. The fraction of sp³-hybridized carbons (Fsp3) is 0. The molecule has 0 fully saturated rings. The van der Waals surface area contributed by atoms with E-state index in [1.54, 1.807) is 0 Å². The minimum atomic E-state index is 0.601. The van der Waals surface area contributed by atoms with Crippen molar-refractivity contribution in [1.82, 2.24) is 15.0 Å². The highest BCUT2D eigenvalue weighted by Crippen LogP contribution is 2.42. The molecule has 0 saturated heterocycles. The van der Waals surface area contributed by atoms with Gasteiger partial charge >= 0.3 is 0 Å². The monoisotopic (exact) mass is 703 g/mol. The second-order valence-electron chi connectivity index (χ2n) is 13.6. The molecule has 0 aliphatic carbocycles. The van der Waals surface area contributed by atoms with Gasteiger partial charge in [0.05, 0.1) is 0 Å². The maximum atomic E-state index is 6.97. The Balaban J connectivity index is 1.17. The summed E-state index contributed by atoms with van der Waals surface area (Å²) < 4.78 is 6.97. The Morgan fingerprint density at radius 2 is 0.618 bits per heavy atom. The average Bonchev–Trinajstić information content (AvgIpc) is 3.67. The molecule has 4 heteroatoms. The average molecular weight is 704 g/mol. The van der Waals surface area contributed by atoms with Gasteiger partial charge in [-0.3, -0.25) is 0 Å². The number of para-hydroxylation sites is 2. The quantitative estimate of drug-likeness (QED) is 0.166. The minimum absolute atomic E-state index is 0.601. The molecule has 258 valence electrons. The van der Waals surface area contributed by atoms with Crippen LogP contribution in [0, 0.1) is 0 Å². The van der Waals surface area contributed by atoms with Crippen LogP contribution >= 0.6 is 0 Å². The van der Waals surface area contributed by atoms with Gasteiger partial charge in [0.15, 0.2) is 17.5 Å². The van der Waals surface area contributed by atoms with Gasteiger partial charge in [-0.05, 0) is 57.6 Å². The lowest BCUT2D eigenvalue weighted by molar-refractivity contribution is 0.671. The van der Waals surface area contributed by atoms with Gasteiger partial charge in [0, 0.05) is 38.6 Å². The third-order valence-electron chi connectivity index (χ3n) is 10.1. The molecule has 55 heavy (non-hydrogen) atoms. The second-order valence-corrected chi connectivity index (χ2v) is 13.6. The van der Waals surface area contributed by atoms with Crippen LogP contribution in [0.1, 0.15) is 0 Å². The topological polar surface area (TPSA) is 51.8 Å². The lowest BCUT2D eigenvalue weighted by Gasteiger charge is -2.12. The summed E-state index contributed by atoms with van der Waals surface area (Å²) in [6.45, 7) is 0. The maximum absolute atomic E-state index is 6.97. The molecule has 0 unspecified atom stereocenters. The highest BCUT2D eigenvalue weighted by Gasteiger charge is 2.19. The zero-order chi connectivity index (χ0) is 36.6. The summed E-state index contributed by atoms with van der Waals surface area (Å²) in [6.07, 6.45) is 0. The van der Waals surface area contributed by atoms with Crippen LogP contribution in [0.4, 0.5) is 0 Å². The van der Waals surface area contributed by atoms with Crippen molar-refractivity contribution in [2.45, 2.75) is 0 Å². The number of furan rings is 1. The van der Waals surface area contributed by atoms with Crippen LogP contribution in [0.15, 0.2) is 205 Å². The van der Waals surface area contributed by atoms with Crippen LogP contribution in [0.3, 0.4) is 0 Å². The third kappa shape index (κ3) is 6.16. The Kier molecular flexibility index (Phi) is 8.12. The Morgan fingerprint density at radius 1 is 0.255 bits per heavy atom. The van der Waals surface area contributed by atoms with Crippen molar-refractivity contribution >= 4 is 21.9 Å². The number of hydrogen-bond acceptors (Lipinski definition) is 4. The first kappa shape index (κ1) is 32.2. The van der Waals surface area contributed by atoms with E-state index in [2.05, 4.69) is 127 Å². The van der Waals surface area contributed by atoms with E-state index in [-0.39, 0.29) is 0 Å². The first-order valence-corrected chi connectivity index (χ1v) is 18.4. The van der Waals surface area contributed by atoms with Crippen molar-refractivity contribution in [3.05, 3.63) is 200 Å². The fourth-order valence-electron chi connectivity index (χ4n) is 7.42. The van der Waals surface area contributed by atoms with Crippen molar-refractivity contribution in [2.24, 2.45) is 0 Å². The first-order chi connectivity index (χ1) is 27.2. The normalized spacial score (nSPS) is 11.3. The number of benzene rings is 8. The minimum Gasteiger partial charge on any atom is -0.455 e. The predicted octanol–water partition coefficient (Wildman–Crippen LogP) is 13.4. The van der Waals surface area contributed by atoms with E-state index in [4.69, 9.17) is 19.4 Å². The molecule has 0 amide bonds. The highest BCUT2D eigenvalue weighted by molar-refractivity contribution is 6.13. The van der Waals surface area contributed by atoms with Crippen LogP contribution in [0.25, 0.3) is 101 Å². The summed E-state index contributed by atoms with van der Waals surface area (Å²) >= 11 is 0. The van der Waals surface area contributed by atoms with Gasteiger partial charge in [0.1, 0.15) is 11.2 Å². The predicted molar refractivity (Wildman–Crippen MR) is 225 cm³/mol. The fourth-order valence-corrected chi connectivity index (χ4v) is 7.42. The zero-order valence-electron chi connectivity index (χ0n) is 29.8. The van der Waals surface area contributed by atoms with Gasteiger partial charge in [-0.1, -0.05) is 176 Å². The molecule has 10 rings (SSSR count). The summed E-state index contributed by atoms with van der Waals surface area (Å²) in [6, 6.07) is 69.3. The molecule has 0 aliphatic rings. The number of hydrogen-bond donors (Lipinski definition) is 0. The van der Waals surface area contributed by atoms with E-state index in [0.717, 1.165) is 72.0 Å². The summed E-state index contributed by atoms with van der Waals surface area (Å²) in [5.41, 5.74) is 13.1. The number of nitrogens with zero attached hydrogens (tertiary/aromatic N) is 3. The van der Waals surface area contributed by atoms with E-state index >= 15 is 0 Å². The molecule has 0 N–H and O–H groups in total. The summed E-state index contributed by atoms with van der Waals surface area (Å²) in [5, 5.41) is 2.15. The van der Waals surface area contributed by atoms with E-state index in [0.29, 0.717) is 17.5 Å². The molecular weight excluding hydrogens is 671 g/mol. The van der Waals surface area contributed by atoms with E-state index in [1.165, 1.54) is 11.1 Å². The molecule has 0 bridgehead atoms. The zero-order valence-corrected chi connectivity index (χ0v) is 29.8. The number of aromatic nitrogens is 3. The van der Waals surface area contributed by atoms with Gasteiger partial charge in [-0.15, -0.1) is 0 Å². The first-order valence-electron chi connectivity index (χ1n) is 18.4. The van der Waals surface area contributed by atoms with E-state index in [9.17, 15) is 0 Å². The molecule has 10 aromatic rings. The van der Waals surface area contributed by atoms with Gasteiger partial charge < -0.3 is 4.42 Å². The van der Waals surface area contributed by atoms with Gasteiger partial charge in [0.25, 0.3) is 0 Å². The van der Waals surface area contributed by atoms with Crippen LogP contribution in [-0.4, -0.2) is 15.0 Å². The van der Waals surface area contributed by atoms with Gasteiger partial charge in [0.2, 0.25) is 0 Å². The highest BCUT2D eigenvalue weighted by atomic mass is 16.3. The largest absolute Gasteiger partial charge is 0.455 e. The molecule has 0 spiro atoms. The molecule has 0 atom stereocenters. The number of rotatable bonds is 7. The third-order valence-corrected chi connectivity index (χ3v) is 10.1. The van der Waals surface area contributed by atoms with Gasteiger partial charge in [-0.2, -0.15) is 0 Å². The van der Waals surface area contributed by atoms with Crippen molar-refractivity contribution in [2.75, 3.05) is 0 Å². The summed E-state index contributed by atoms with van der Waals surface area (Å²) in [4.78, 5) is 15.1. The van der Waals surface area contributed by atoms with Gasteiger partial charge in [-0.25, -0.2) is 15.0 Å². The SMILES string of the molecule is c1ccc(-c2cccc(-c3cccc4c3oc3c(-c5cc(-c6ccccc6)cc(-c6nc(-c7ccccc7)nc(-c7ccccc7)n6)c5)cccc34)c2)cc1. The summed E-state index contributed by atoms with van der Waals surface area (Å²) in [5.74, 6) is 1.85. The maximum Gasteiger partial charge on any atom is 0.164 e. The van der Waals surface area contributed by atoms with E-state index in [1.807, 2.05) is 72.8 Å². The Morgan fingerprint density at radius 3 is 1.16 bits per heavy atom. The van der Waals surface area contributed by atoms with Crippen LogP contribution in [0.5, 0.6) is 0 Å². The molecule has 2 heterocycles. The molecule has 0 radical (unpaired) electrons. The summed E-state index contributed by atoms with van der Waals surface area (Å²) in [7, 11) is 0. The smallest absolute Gasteiger partial charge is 0.164 e. The molecule has 8 aromatic carbocycles. The Hall–Kier alpha value is -7.43. The second kappa shape index (κ2) is 13.8. The van der Waals surface area contributed by atoms with Crippen molar-refractivity contribution < 1.29 is 4.42 Å². The van der Waals surface area contributed by atoms with Crippen molar-refractivity contribution in [1.29, 1.82) is 0 Å². The van der Waals surface area contributed by atoms with Crippen molar-refractivity contribution in [3.8, 4) is 78.7 Å². The molecule has 0 aliphatic heterocycles. The lowest BCUT2D eigenvalue weighted by atomic mass is 9.94. The Bertz CT molecular complexity index is 2900. The van der Waals surface area contributed by atoms with Crippen LogP contribution in [-0.2, 0) is 0 Å². The number of fused-ring (bicyclic) bond motifs is 3. The van der Waals surface area contributed by atoms with Crippen molar-refractivity contribution in [3.63, 3.8) is 0 Å². The molecular formula is C51H33N3O. The lowest BCUT2D eigenvalue weighted by Crippen LogP contribution is -2.00. The van der Waals surface area contributed by atoms with Crippen LogP contribution < -0.4 is 0 Å².